The zero-order valence-corrected chi connectivity index (χ0v) is 30.1. The van der Waals surface area contributed by atoms with E-state index in [-0.39, 0.29) is 11.5 Å². The normalized spacial score (nSPS) is 17.5. The van der Waals surface area contributed by atoms with Gasteiger partial charge in [-0.15, -0.1) is 0 Å². The molecule has 0 bridgehead atoms. The lowest BCUT2D eigenvalue weighted by Gasteiger charge is -2.23. The van der Waals surface area contributed by atoms with E-state index in [2.05, 4.69) is 102 Å². The van der Waals surface area contributed by atoms with Gasteiger partial charge < -0.3 is 5.32 Å². The molecule has 1 aliphatic heterocycles. The highest BCUT2D eigenvalue weighted by molar-refractivity contribution is 5.90. The van der Waals surface area contributed by atoms with Gasteiger partial charge in [0.2, 0.25) is 0 Å². The Hall–Kier alpha value is -3.31. The van der Waals surface area contributed by atoms with Crippen LogP contribution in [0.4, 0.5) is 20.2 Å². The third-order valence-corrected chi connectivity index (χ3v) is 10.5. The van der Waals surface area contributed by atoms with Gasteiger partial charge in [-0.2, -0.15) is 0 Å². The van der Waals surface area contributed by atoms with Crippen LogP contribution in [0.25, 0.3) is 0 Å². The minimum absolute atomic E-state index is 0.0752. The van der Waals surface area contributed by atoms with Crippen LogP contribution >= 0.6 is 0 Å². The first-order valence-corrected chi connectivity index (χ1v) is 17.7. The second-order valence-corrected chi connectivity index (χ2v) is 14.3. The van der Waals surface area contributed by atoms with E-state index in [4.69, 9.17) is 4.99 Å². The van der Waals surface area contributed by atoms with Crippen molar-refractivity contribution in [3.63, 3.8) is 0 Å². The summed E-state index contributed by atoms with van der Waals surface area (Å²) in [5.41, 5.74) is 9.92. The minimum Gasteiger partial charge on any atom is -0.359 e. The number of likely N-dealkylation sites (tertiary alicyclic amines) is 1. The Bertz CT molecular complexity index is 1530. The van der Waals surface area contributed by atoms with Gasteiger partial charge >= 0.3 is 0 Å². The highest BCUT2D eigenvalue weighted by Gasteiger charge is 2.24. The number of unbranched alkanes of at least 4 members (excludes halogenated alkanes) is 1. The number of nitrogens with zero attached hydrogens (tertiary/aromatic N) is 2. The predicted molar refractivity (Wildman–Crippen MR) is 197 cm³/mol. The minimum atomic E-state index is -0.481. The van der Waals surface area contributed by atoms with Crippen LogP contribution in [0.15, 0.2) is 65.8 Å². The molecule has 5 heteroatoms. The van der Waals surface area contributed by atoms with Crippen LogP contribution in [0, 0.1) is 38.3 Å². The quantitative estimate of drug-likeness (QED) is 0.167. The van der Waals surface area contributed by atoms with Crippen LogP contribution in [0.1, 0.15) is 118 Å². The van der Waals surface area contributed by atoms with Crippen molar-refractivity contribution in [2.45, 2.75) is 118 Å². The van der Waals surface area contributed by atoms with Gasteiger partial charge in [-0.3, -0.25) is 9.89 Å². The first kappa shape index (κ1) is 36.5. The Morgan fingerprint density at radius 1 is 0.957 bits per heavy atom. The Balaban J connectivity index is 1.55. The van der Waals surface area contributed by atoms with Crippen LogP contribution in [-0.2, 0) is 6.42 Å². The molecule has 0 spiro atoms. The molecule has 0 radical (unpaired) electrons. The SMILES string of the molecule is C=C(Nc1ccc(C(CC[C@@H](C)c2ccc(C)c(/N=C(\C)C3CCCN3C)c2)Cc2cc(F)c(C)c(F)c2)cc1C)[C@@H](C)CCCC. The molecular weight excluding hydrogens is 584 g/mol. The molecule has 4 atom stereocenters. The van der Waals surface area contributed by atoms with E-state index in [0.717, 1.165) is 48.4 Å². The van der Waals surface area contributed by atoms with Gasteiger partial charge in [-0.1, -0.05) is 64.5 Å². The maximum absolute atomic E-state index is 14.6. The van der Waals surface area contributed by atoms with Gasteiger partial charge in [0, 0.05) is 28.7 Å². The monoisotopic (exact) mass is 641 g/mol. The smallest absolute Gasteiger partial charge is 0.129 e. The van der Waals surface area contributed by atoms with E-state index >= 15 is 0 Å². The molecule has 4 rings (SSSR count). The van der Waals surface area contributed by atoms with E-state index in [0.29, 0.717) is 29.9 Å². The number of anilines is 1. The van der Waals surface area contributed by atoms with Crippen molar-refractivity contribution < 1.29 is 8.78 Å². The van der Waals surface area contributed by atoms with Crippen molar-refractivity contribution in [1.82, 2.24) is 4.90 Å². The van der Waals surface area contributed by atoms with E-state index in [1.54, 1.807) is 0 Å². The number of aryl methyl sites for hydroxylation is 2. The summed E-state index contributed by atoms with van der Waals surface area (Å²) < 4.78 is 29.2. The fraction of sp³-hybridized carbons (Fsp3) is 0.500. The summed E-state index contributed by atoms with van der Waals surface area (Å²) in [6.45, 7) is 20.1. The Morgan fingerprint density at radius 2 is 1.66 bits per heavy atom. The van der Waals surface area contributed by atoms with Crippen molar-refractivity contribution in [3.8, 4) is 0 Å². The molecule has 2 unspecified atom stereocenters. The zero-order valence-electron chi connectivity index (χ0n) is 30.1. The van der Waals surface area contributed by atoms with E-state index < -0.39 is 11.6 Å². The summed E-state index contributed by atoms with van der Waals surface area (Å²) in [5, 5.41) is 3.56. The van der Waals surface area contributed by atoms with E-state index in [1.807, 2.05) is 0 Å². The summed E-state index contributed by atoms with van der Waals surface area (Å²) in [4.78, 5) is 7.52. The van der Waals surface area contributed by atoms with Crippen LogP contribution < -0.4 is 5.32 Å². The molecule has 1 saturated heterocycles. The molecule has 254 valence electrons. The summed E-state index contributed by atoms with van der Waals surface area (Å²) >= 11 is 0. The second kappa shape index (κ2) is 16.7. The first-order valence-electron chi connectivity index (χ1n) is 17.7. The molecule has 0 aliphatic carbocycles. The van der Waals surface area contributed by atoms with Gasteiger partial charge in [-0.05, 0) is 150 Å². The number of halogens is 2. The second-order valence-electron chi connectivity index (χ2n) is 14.3. The highest BCUT2D eigenvalue weighted by atomic mass is 19.1. The summed E-state index contributed by atoms with van der Waals surface area (Å²) in [5.74, 6) is -0.143. The third-order valence-electron chi connectivity index (χ3n) is 10.5. The lowest BCUT2D eigenvalue weighted by molar-refractivity contribution is 0.372. The summed E-state index contributed by atoms with van der Waals surface area (Å²) in [7, 11) is 2.19. The number of allylic oxidation sites excluding steroid dienone is 1. The number of aliphatic imine (C=N–C) groups is 1. The molecule has 3 aromatic rings. The molecule has 0 saturated carbocycles. The number of benzene rings is 3. The Kier molecular flexibility index (Phi) is 13.0. The average molecular weight is 642 g/mol. The molecule has 3 aromatic carbocycles. The van der Waals surface area contributed by atoms with Crippen molar-refractivity contribution in [2.24, 2.45) is 10.9 Å². The molecule has 1 heterocycles. The topological polar surface area (TPSA) is 27.6 Å². The molecule has 3 nitrogen and oxygen atoms in total. The molecule has 0 aromatic heterocycles. The number of hydrogen-bond acceptors (Lipinski definition) is 3. The van der Waals surface area contributed by atoms with Gasteiger partial charge in [0.25, 0.3) is 0 Å². The van der Waals surface area contributed by atoms with E-state index in [9.17, 15) is 8.78 Å². The fourth-order valence-electron chi connectivity index (χ4n) is 6.92. The standard InChI is InChI=1S/C42H57F2N3/c1-10-11-13-27(2)32(7)45-40-20-19-36(22-30(40)5)37(23-34-24-38(43)31(6)39(44)25-34)18-15-28(3)35-17-16-29(4)41(26-35)46-33(8)42-14-12-21-47(42)9/h16-17,19-20,22,24-28,37,42,45H,7,10-15,18,21,23H2,1-6,8-9H3/b46-33+/t27-,28+,37?,42?/m0/s1. The van der Waals surface area contributed by atoms with Crippen molar-refractivity contribution >= 4 is 17.1 Å². The number of nitrogens with one attached hydrogen (secondary N) is 1. The Morgan fingerprint density at radius 3 is 2.30 bits per heavy atom. The van der Waals surface area contributed by atoms with Crippen LogP contribution in [0.5, 0.6) is 0 Å². The molecule has 47 heavy (non-hydrogen) atoms. The maximum Gasteiger partial charge on any atom is 0.129 e. The third kappa shape index (κ3) is 9.63. The first-order chi connectivity index (χ1) is 22.4. The summed E-state index contributed by atoms with van der Waals surface area (Å²) in [6.07, 6.45) is 8.29. The van der Waals surface area contributed by atoms with Crippen molar-refractivity contribution in [2.75, 3.05) is 18.9 Å². The Labute approximate surface area is 283 Å². The predicted octanol–water partition coefficient (Wildman–Crippen LogP) is 11.7. The van der Waals surface area contributed by atoms with Crippen molar-refractivity contribution in [1.29, 1.82) is 0 Å². The zero-order chi connectivity index (χ0) is 34.2. The highest BCUT2D eigenvalue weighted by Crippen LogP contribution is 2.35. The molecular formula is C42H57F2N3. The van der Waals surface area contributed by atoms with Crippen molar-refractivity contribution in [3.05, 3.63) is 106 Å². The summed E-state index contributed by atoms with van der Waals surface area (Å²) in [6, 6.07) is 16.7. The molecule has 0 amide bonds. The van der Waals surface area contributed by atoms with E-state index in [1.165, 1.54) is 67.1 Å². The fourth-order valence-corrected chi connectivity index (χ4v) is 6.92. The number of rotatable bonds is 15. The lowest BCUT2D eigenvalue weighted by atomic mass is 9.83. The van der Waals surface area contributed by atoms with Crippen LogP contribution in [-0.4, -0.2) is 30.2 Å². The van der Waals surface area contributed by atoms with Gasteiger partial charge in [0.1, 0.15) is 11.6 Å². The van der Waals surface area contributed by atoms with Crippen LogP contribution in [0.3, 0.4) is 0 Å². The average Bonchev–Trinajstić information content (AvgIpc) is 3.48. The molecule has 1 aliphatic rings. The number of hydrogen-bond donors (Lipinski definition) is 1. The van der Waals surface area contributed by atoms with Gasteiger partial charge in [0.05, 0.1) is 5.69 Å². The van der Waals surface area contributed by atoms with Gasteiger partial charge in [0.15, 0.2) is 0 Å². The molecule has 1 fully saturated rings. The lowest BCUT2D eigenvalue weighted by Crippen LogP contribution is -2.31. The van der Waals surface area contributed by atoms with Gasteiger partial charge in [-0.25, -0.2) is 8.78 Å². The molecule has 1 N–H and O–H groups in total. The maximum atomic E-state index is 14.6. The van der Waals surface area contributed by atoms with Crippen LogP contribution in [0.2, 0.25) is 0 Å². The largest absolute Gasteiger partial charge is 0.359 e.